The first-order valence-corrected chi connectivity index (χ1v) is 21.2. The summed E-state index contributed by atoms with van der Waals surface area (Å²) in [4.78, 5) is 78.1. The number of nitrogens with one attached hydrogen (secondary N) is 8. The molecule has 9 rings (SSSR count). The van der Waals surface area contributed by atoms with Crippen molar-refractivity contribution < 1.29 is 59.4 Å². The molecule has 0 aromatic heterocycles. The van der Waals surface area contributed by atoms with Gasteiger partial charge in [-0.3, -0.25) is 71.3 Å². The van der Waals surface area contributed by atoms with Crippen LogP contribution in [0.1, 0.15) is 64.2 Å². The van der Waals surface area contributed by atoms with Crippen LogP contribution in [0.4, 0.5) is 0 Å². The summed E-state index contributed by atoms with van der Waals surface area (Å²) < 4.78 is 0. The predicted molar refractivity (Wildman–Crippen MR) is 196 cm³/mol. The van der Waals surface area contributed by atoms with Crippen molar-refractivity contribution in [3.63, 3.8) is 0 Å². The Morgan fingerprint density at radius 3 is 0.914 bits per heavy atom. The molecule has 0 spiro atoms. The highest BCUT2D eigenvalue weighted by atomic mass is 16.4. The van der Waals surface area contributed by atoms with Crippen molar-refractivity contribution in [2.24, 2.45) is 82.9 Å². The molecule has 5 heterocycles. The molecule has 14 N–H and O–H groups in total. The molecule has 0 aromatic rings. The summed E-state index contributed by atoms with van der Waals surface area (Å²) in [6.45, 7) is 0. The van der Waals surface area contributed by atoms with Gasteiger partial charge >= 0.3 is 35.8 Å². The number of hydrogen-bond acceptors (Lipinski definition) is 14. The molecule has 0 radical (unpaired) electrons. The third kappa shape index (κ3) is 6.40. The van der Waals surface area contributed by atoms with Crippen molar-refractivity contribution in [2.45, 2.75) is 114 Å². The number of fused-ring (bicyclic) bond motifs is 20. The predicted octanol–water partition coefficient (Wildman–Crippen LogP) is -1.53. The van der Waals surface area contributed by atoms with E-state index in [-0.39, 0.29) is 48.6 Å². The molecule has 0 aromatic carbocycles. The first kappa shape index (κ1) is 39.9. The van der Waals surface area contributed by atoms with Crippen LogP contribution in [0.3, 0.4) is 0 Å². The maximum atomic E-state index is 13.3. The molecular weight excluding hydrogens is 760 g/mol. The van der Waals surface area contributed by atoms with Gasteiger partial charge in [0.25, 0.3) is 0 Å². The number of hydrogen-bond donors (Lipinski definition) is 14. The van der Waals surface area contributed by atoms with Crippen LogP contribution < -0.4 is 42.5 Å². The number of carbonyl (C=O) groups is 6. The van der Waals surface area contributed by atoms with E-state index in [2.05, 4.69) is 42.5 Å². The second-order valence-electron chi connectivity index (χ2n) is 18.6. The zero-order chi connectivity index (χ0) is 40.9. The average molecular weight is 817 g/mol. The quantitative estimate of drug-likeness (QED) is 0.145. The van der Waals surface area contributed by atoms with Crippen LogP contribution in [0.2, 0.25) is 0 Å². The van der Waals surface area contributed by atoms with E-state index in [1.54, 1.807) is 0 Å². The Balaban J connectivity index is 1.17. The summed E-state index contributed by atoms with van der Waals surface area (Å²) >= 11 is 0. The first-order valence-electron chi connectivity index (χ1n) is 21.2. The molecule has 20 heteroatoms. The van der Waals surface area contributed by atoms with Gasteiger partial charge in [0.2, 0.25) is 0 Å². The van der Waals surface area contributed by atoms with Crippen LogP contribution in [0.25, 0.3) is 0 Å². The van der Waals surface area contributed by atoms with Crippen LogP contribution in [-0.4, -0.2) is 116 Å². The van der Waals surface area contributed by atoms with Gasteiger partial charge in [-0.25, -0.2) is 0 Å². The lowest BCUT2D eigenvalue weighted by molar-refractivity contribution is -0.182. The maximum Gasteiger partial charge on any atom is 0.308 e. The molecular formula is C38H56N8O12. The second-order valence-corrected chi connectivity index (χ2v) is 18.6. The fourth-order valence-corrected chi connectivity index (χ4v) is 14.1. The van der Waals surface area contributed by atoms with Crippen LogP contribution in [0.5, 0.6) is 0 Å². The van der Waals surface area contributed by atoms with Crippen molar-refractivity contribution in [2.75, 3.05) is 0 Å². The number of aliphatic carboxylic acids is 6. The Morgan fingerprint density at radius 2 is 0.586 bits per heavy atom. The van der Waals surface area contributed by atoms with Crippen LogP contribution in [0.15, 0.2) is 0 Å². The first-order chi connectivity index (χ1) is 27.7. The summed E-state index contributed by atoms with van der Waals surface area (Å²) in [7, 11) is 0. The smallest absolute Gasteiger partial charge is 0.308 e. The minimum Gasteiger partial charge on any atom is -0.481 e. The van der Waals surface area contributed by atoms with Crippen molar-refractivity contribution in [3.8, 4) is 0 Å². The van der Waals surface area contributed by atoms with Gasteiger partial charge in [0.1, 0.15) is 0 Å². The molecule has 8 bridgehead atoms. The Morgan fingerprint density at radius 1 is 0.293 bits per heavy atom. The van der Waals surface area contributed by atoms with E-state index >= 15 is 0 Å². The number of rotatable bonds is 6. The lowest BCUT2D eigenvalue weighted by Crippen LogP contribution is -2.62. The summed E-state index contributed by atoms with van der Waals surface area (Å²) in [6.07, 6.45) is 4.06. The Kier molecular flexibility index (Phi) is 10.5. The average Bonchev–Trinajstić information content (AvgIpc) is 3.91. The summed E-state index contributed by atoms with van der Waals surface area (Å²) in [6, 6.07) is 0. The van der Waals surface area contributed by atoms with Gasteiger partial charge < -0.3 is 30.6 Å². The van der Waals surface area contributed by atoms with Crippen molar-refractivity contribution in [1.82, 2.24) is 42.5 Å². The van der Waals surface area contributed by atoms with Crippen LogP contribution in [0, 0.1) is 82.9 Å². The molecule has 320 valence electrons. The number of carboxylic acids is 6. The van der Waals surface area contributed by atoms with E-state index in [4.69, 9.17) is 0 Å². The topological polar surface area (TPSA) is 320 Å². The fourth-order valence-electron chi connectivity index (χ4n) is 14.1. The van der Waals surface area contributed by atoms with Crippen molar-refractivity contribution in [3.05, 3.63) is 0 Å². The summed E-state index contributed by atoms with van der Waals surface area (Å²) in [5.74, 6) is -22.5. The fraction of sp³-hybridized carbons (Fsp3) is 0.842. The van der Waals surface area contributed by atoms with Gasteiger partial charge in [-0.1, -0.05) is 25.7 Å². The van der Waals surface area contributed by atoms with Gasteiger partial charge in [-0.15, -0.1) is 0 Å². The second kappa shape index (κ2) is 15.2. The van der Waals surface area contributed by atoms with E-state index in [1.165, 1.54) is 0 Å². The monoisotopic (exact) mass is 816 g/mol. The molecule has 9 aliphatic rings. The molecule has 0 amide bonds. The molecule has 4 aliphatic carbocycles. The third-order valence-corrected chi connectivity index (χ3v) is 16.2. The maximum absolute atomic E-state index is 13.3. The highest BCUT2D eigenvalue weighted by Crippen LogP contribution is 2.53. The van der Waals surface area contributed by atoms with Gasteiger partial charge in [-0.2, -0.15) is 0 Å². The van der Waals surface area contributed by atoms with Gasteiger partial charge in [-0.05, 0) is 68.1 Å². The lowest BCUT2D eigenvalue weighted by Gasteiger charge is -2.46. The molecule has 5 saturated heterocycles. The minimum atomic E-state index is -2.11. The molecule has 9 fully saturated rings. The standard InChI is InChI=1S/C38H56N8O12/c47-33(48)16-10-9-15-17(18(16)34(49)50)30-44-29(15)42-27-12-6-2-1-5-11(12)25(40-27)39-26-13-7-3-4-8-14(13)28(41-26)43-31-19-20(32(45-30)46-31)22(36(53)54)24(38(57)58)23(37(55)56)21(19)35(51)52/h11-32,39-46H,1-10H2,(H,47,48)(H,49,50)(H,51,52)(H,53,54)(H,55,56)(H,57,58). The SMILES string of the molecule is O=C(O)C1CCC2C3NC4NC(NC5NC(NC6NC(NC(N3)C2C1C(=O)O)C1C(C(=O)O)C(C(=O)O)C(C(=O)O)C(C(=O)O)C61)C1CCCCC51)C1CCCCC41. The van der Waals surface area contributed by atoms with Crippen molar-refractivity contribution >= 4 is 35.8 Å². The Labute approximate surface area is 333 Å². The Bertz CT molecular complexity index is 1710. The minimum absolute atomic E-state index is 0.0659. The molecule has 22 unspecified atom stereocenters. The largest absolute Gasteiger partial charge is 0.481 e. The van der Waals surface area contributed by atoms with E-state index < -0.39 is 120 Å². The van der Waals surface area contributed by atoms with E-state index in [9.17, 15) is 59.4 Å². The molecule has 20 nitrogen and oxygen atoms in total. The van der Waals surface area contributed by atoms with Crippen LogP contribution >= 0.6 is 0 Å². The normalized spacial score (nSPS) is 50.7. The van der Waals surface area contributed by atoms with E-state index in [0.717, 1.165) is 51.4 Å². The summed E-state index contributed by atoms with van der Waals surface area (Å²) in [5.41, 5.74) is 0. The zero-order valence-corrected chi connectivity index (χ0v) is 31.9. The van der Waals surface area contributed by atoms with Gasteiger partial charge in [0, 0.05) is 17.8 Å². The Hall–Kier alpha value is -3.50. The highest BCUT2D eigenvalue weighted by Gasteiger charge is 2.68. The van der Waals surface area contributed by atoms with Gasteiger partial charge in [0.05, 0.1) is 84.8 Å². The molecule has 22 atom stereocenters. The number of carboxylic acid groups (broad SMARTS) is 6. The lowest BCUT2D eigenvalue weighted by atomic mass is 9.56. The molecule has 4 saturated carbocycles. The highest BCUT2D eigenvalue weighted by molar-refractivity contribution is 5.90. The molecule has 58 heavy (non-hydrogen) atoms. The van der Waals surface area contributed by atoms with Gasteiger partial charge in [0.15, 0.2) is 0 Å². The van der Waals surface area contributed by atoms with Crippen molar-refractivity contribution in [1.29, 1.82) is 0 Å². The van der Waals surface area contributed by atoms with E-state index in [1.807, 2.05) is 0 Å². The third-order valence-electron chi connectivity index (χ3n) is 16.2. The zero-order valence-electron chi connectivity index (χ0n) is 31.9. The molecule has 5 aliphatic heterocycles. The van der Waals surface area contributed by atoms with E-state index in [0.29, 0.717) is 12.3 Å². The summed E-state index contributed by atoms with van der Waals surface area (Å²) in [5, 5.41) is 92.7. The van der Waals surface area contributed by atoms with Crippen LogP contribution in [-0.2, 0) is 28.8 Å².